The standard InChI is InChI=1S/C24H24BrN5O/c1-14(2)30-20-12-21(29-8-6-28(3)7-9-29)18(25)11-17(20)23(31)22-16-5-4-15(13-26)10-19(16)27-24(22)30/h4-5,10-12,14,27H,6-9H2,1-3H3. The second-order valence-electron chi connectivity index (χ2n) is 8.62. The molecule has 4 aromatic rings. The highest BCUT2D eigenvalue weighted by Crippen LogP contribution is 2.35. The summed E-state index contributed by atoms with van der Waals surface area (Å²) in [5.41, 5.74) is 4.27. The fourth-order valence-corrected chi connectivity index (χ4v) is 5.27. The molecule has 0 bridgehead atoms. The van der Waals surface area contributed by atoms with E-state index in [-0.39, 0.29) is 11.5 Å². The minimum Gasteiger partial charge on any atom is -0.368 e. The molecule has 0 aliphatic carbocycles. The van der Waals surface area contributed by atoms with Gasteiger partial charge in [0.15, 0.2) is 5.43 Å². The third-order valence-corrected chi connectivity index (χ3v) is 6.94. The number of pyridine rings is 1. The summed E-state index contributed by atoms with van der Waals surface area (Å²) in [5.74, 6) is 0. The molecule has 1 fully saturated rings. The first kappa shape index (κ1) is 20.1. The maximum atomic E-state index is 13.6. The summed E-state index contributed by atoms with van der Waals surface area (Å²) in [5, 5.41) is 11.5. The van der Waals surface area contributed by atoms with E-state index in [0.29, 0.717) is 16.3 Å². The van der Waals surface area contributed by atoms with Crippen LogP contribution in [0.2, 0.25) is 0 Å². The van der Waals surface area contributed by atoms with Crippen LogP contribution in [0.1, 0.15) is 25.5 Å². The van der Waals surface area contributed by atoms with Crippen molar-refractivity contribution >= 4 is 54.5 Å². The molecule has 5 rings (SSSR count). The lowest BCUT2D eigenvalue weighted by Crippen LogP contribution is -2.44. The number of benzene rings is 2. The Balaban J connectivity index is 1.85. The van der Waals surface area contributed by atoms with E-state index in [1.807, 2.05) is 18.2 Å². The van der Waals surface area contributed by atoms with E-state index in [4.69, 9.17) is 0 Å². The summed E-state index contributed by atoms with van der Waals surface area (Å²) >= 11 is 3.74. The first-order valence-corrected chi connectivity index (χ1v) is 11.3. The number of nitrogens with zero attached hydrogens (tertiary/aromatic N) is 4. The van der Waals surface area contributed by atoms with E-state index in [9.17, 15) is 10.1 Å². The Morgan fingerprint density at radius 2 is 1.84 bits per heavy atom. The zero-order valence-electron chi connectivity index (χ0n) is 17.9. The van der Waals surface area contributed by atoms with Crippen molar-refractivity contribution in [2.75, 3.05) is 38.1 Å². The molecular weight excluding hydrogens is 454 g/mol. The molecule has 158 valence electrons. The molecule has 0 atom stereocenters. The van der Waals surface area contributed by atoms with Crippen molar-refractivity contribution in [2.24, 2.45) is 0 Å². The largest absolute Gasteiger partial charge is 0.368 e. The number of piperazine rings is 1. The summed E-state index contributed by atoms with van der Waals surface area (Å²) in [6.07, 6.45) is 0. The Kier molecular flexibility index (Phi) is 4.80. The minimum atomic E-state index is 0.0171. The van der Waals surface area contributed by atoms with Crippen LogP contribution in [0.5, 0.6) is 0 Å². The number of hydrogen-bond acceptors (Lipinski definition) is 4. The predicted molar refractivity (Wildman–Crippen MR) is 130 cm³/mol. The van der Waals surface area contributed by atoms with Gasteiger partial charge in [0.2, 0.25) is 0 Å². The van der Waals surface area contributed by atoms with E-state index in [1.54, 1.807) is 6.07 Å². The fourth-order valence-electron chi connectivity index (χ4n) is 4.68. The Bertz CT molecular complexity index is 1430. The van der Waals surface area contributed by atoms with Crippen molar-refractivity contribution in [1.29, 1.82) is 5.26 Å². The summed E-state index contributed by atoms with van der Waals surface area (Å²) in [6.45, 7) is 8.21. The number of aromatic amines is 1. The smallest absolute Gasteiger partial charge is 0.199 e. The molecule has 7 heteroatoms. The van der Waals surface area contributed by atoms with Gasteiger partial charge in [-0.1, -0.05) is 6.07 Å². The fraction of sp³-hybridized carbons (Fsp3) is 0.333. The second kappa shape index (κ2) is 7.40. The molecule has 0 unspecified atom stereocenters. The van der Waals surface area contributed by atoms with Crippen LogP contribution >= 0.6 is 15.9 Å². The molecule has 0 amide bonds. The highest BCUT2D eigenvalue weighted by atomic mass is 79.9. The molecule has 2 aromatic carbocycles. The van der Waals surface area contributed by atoms with Crippen molar-refractivity contribution in [3.05, 3.63) is 50.6 Å². The Labute approximate surface area is 188 Å². The van der Waals surface area contributed by atoms with Gasteiger partial charge in [0.05, 0.1) is 28.2 Å². The molecule has 3 heterocycles. The lowest BCUT2D eigenvalue weighted by molar-refractivity contribution is 0.313. The molecule has 1 N–H and O–H groups in total. The number of hydrogen-bond donors (Lipinski definition) is 1. The molecule has 1 saturated heterocycles. The first-order chi connectivity index (χ1) is 14.9. The normalized spacial score (nSPS) is 15.4. The van der Waals surface area contributed by atoms with Gasteiger partial charge in [0.25, 0.3) is 0 Å². The molecular formula is C24H24BrN5O. The summed E-state index contributed by atoms with van der Waals surface area (Å²) in [7, 11) is 2.15. The monoisotopic (exact) mass is 477 g/mol. The van der Waals surface area contributed by atoms with Crippen LogP contribution in [0.3, 0.4) is 0 Å². The van der Waals surface area contributed by atoms with Crippen LogP contribution in [-0.4, -0.2) is 47.7 Å². The molecule has 6 nitrogen and oxygen atoms in total. The number of nitriles is 1. The predicted octanol–water partition coefficient (Wildman–Crippen LogP) is 4.60. The van der Waals surface area contributed by atoms with E-state index in [0.717, 1.165) is 58.4 Å². The molecule has 0 radical (unpaired) electrons. The zero-order chi connectivity index (χ0) is 21.9. The Hall–Kier alpha value is -2.82. The lowest BCUT2D eigenvalue weighted by Gasteiger charge is -2.35. The van der Waals surface area contributed by atoms with Gasteiger partial charge < -0.3 is 19.4 Å². The van der Waals surface area contributed by atoms with Gasteiger partial charge in [-0.2, -0.15) is 5.26 Å². The third kappa shape index (κ3) is 3.13. The maximum Gasteiger partial charge on any atom is 0.199 e. The summed E-state index contributed by atoms with van der Waals surface area (Å²) in [4.78, 5) is 21.8. The Morgan fingerprint density at radius 3 is 2.52 bits per heavy atom. The van der Waals surface area contributed by atoms with Crippen molar-refractivity contribution in [1.82, 2.24) is 14.5 Å². The van der Waals surface area contributed by atoms with E-state index < -0.39 is 0 Å². The molecule has 0 saturated carbocycles. The topological polar surface area (TPSA) is 68.1 Å². The zero-order valence-corrected chi connectivity index (χ0v) is 19.5. The SMILES string of the molecule is CC(C)n1c2cc(N3CCN(C)CC3)c(Br)cc2c(=O)c2c3ccc(C#N)cc3[nH]c21. The average Bonchev–Trinajstić information content (AvgIpc) is 3.12. The van der Waals surface area contributed by atoms with Crippen LogP contribution < -0.4 is 10.3 Å². The maximum absolute atomic E-state index is 13.6. The van der Waals surface area contributed by atoms with Gasteiger partial charge in [0.1, 0.15) is 5.65 Å². The van der Waals surface area contributed by atoms with Crippen LogP contribution in [-0.2, 0) is 0 Å². The van der Waals surface area contributed by atoms with Crippen molar-refractivity contribution in [3.8, 4) is 6.07 Å². The number of rotatable bonds is 2. The van der Waals surface area contributed by atoms with Crippen LogP contribution in [0.25, 0.3) is 32.8 Å². The van der Waals surface area contributed by atoms with Gasteiger partial charge in [-0.05, 0) is 61.1 Å². The van der Waals surface area contributed by atoms with Crippen molar-refractivity contribution in [2.45, 2.75) is 19.9 Å². The quantitative estimate of drug-likeness (QED) is 0.457. The third-order valence-electron chi connectivity index (χ3n) is 6.31. The lowest BCUT2D eigenvalue weighted by atomic mass is 10.1. The summed E-state index contributed by atoms with van der Waals surface area (Å²) in [6, 6.07) is 11.9. The van der Waals surface area contributed by atoms with E-state index in [2.05, 4.69) is 68.3 Å². The number of aromatic nitrogens is 2. The summed E-state index contributed by atoms with van der Waals surface area (Å²) < 4.78 is 3.16. The number of H-pyrrole nitrogens is 1. The van der Waals surface area contributed by atoms with Crippen molar-refractivity contribution in [3.63, 3.8) is 0 Å². The van der Waals surface area contributed by atoms with Gasteiger partial charge in [-0.25, -0.2) is 0 Å². The van der Waals surface area contributed by atoms with E-state index in [1.165, 1.54) is 0 Å². The highest BCUT2D eigenvalue weighted by Gasteiger charge is 2.22. The molecule has 1 aliphatic rings. The minimum absolute atomic E-state index is 0.0171. The number of likely N-dealkylation sites (N-methyl/N-ethyl adjacent to an activating group) is 1. The number of nitrogens with one attached hydrogen (secondary N) is 1. The van der Waals surface area contributed by atoms with Crippen molar-refractivity contribution < 1.29 is 0 Å². The Morgan fingerprint density at radius 1 is 1.10 bits per heavy atom. The molecule has 1 aliphatic heterocycles. The second-order valence-corrected chi connectivity index (χ2v) is 9.48. The van der Waals surface area contributed by atoms with Gasteiger partial charge in [-0.3, -0.25) is 4.79 Å². The van der Waals surface area contributed by atoms with Crippen LogP contribution in [0.4, 0.5) is 5.69 Å². The number of fused-ring (bicyclic) bond motifs is 4. The van der Waals surface area contributed by atoms with Crippen LogP contribution in [0.15, 0.2) is 39.6 Å². The molecule has 0 spiro atoms. The number of anilines is 1. The molecule has 31 heavy (non-hydrogen) atoms. The average molecular weight is 478 g/mol. The first-order valence-electron chi connectivity index (χ1n) is 10.6. The number of halogens is 1. The molecule has 2 aromatic heterocycles. The van der Waals surface area contributed by atoms with Gasteiger partial charge >= 0.3 is 0 Å². The highest BCUT2D eigenvalue weighted by molar-refractivity contribution is 9.10. The van der Waals surface area contributed by atoms with E-state index >= 15 is 0 Å². The van der Waals surface area contributed by atoms with Crippen LogP contribution in [0, 0.1) is 11.3 Å². The van der Waals surface area contributed by atoms with Gasteiger partial charge in [0, 0.05) is 53.0 Å². The van der Waals surface area contributed by atoms with Gasteiger partial charge in [-0.15, -0.1) is 0 Å².